The number of aromatic nitrogens is 4. The van der Waals surface area contributed by atoms with Crippen LogP contribution in [0.1, 0.15) is 15.9 Å². The quantitative estimate of drug-likeness (QED) is 0.0903. The van der Waals surface area contributed by atoms with Crippen molar-refractivity contribution in [1.82, 2.24) is 20.2 Å². The Labute approximate surface area is 262 Å². The van der Waals surface area contributed by atoms with Crippen LogP contribution in [0.2, 0.25) is 0 Å². The number of H-pyrrole nitrogens is 1. The molecule has 0 atom stereocenters. The highest BCUT2D eigenvalue weighted by Crippen LogP contribution is 2.29. The van der Waals surface area contributed by atoms with Gasteiger partial charge in [-0.05, 0) is 66.2 Å². The van der Waals surface area contributed by atoms with Crippen molar-refractivity contribution in [2.75, 3.05) is 25.3 Å². The van der Waals surface area contributed by atoms with Crippen molar-refractivity contribution in [2.24, 2.45) is 0 Å². The molecule has 2 N–H and O–H groups in total. The maximum Gasteiger partial charge on any atom is 0.277 e. The lowest BCUT2D eigenvalue weighted by Gasteiger charge is -2.07. The summed E-state index contributed by atoms with van der Waals surface area (Å²) < 4.78 is 16.4. The van der Waals surface area contributed by atoms with Gasteiger partial charge in [-0.25, -0.2) is 4.98 Å². The van der Waals surface area contributed by atoms with E-state index in [-0.39, 0.29) is 22.7 Å². The lowest BCUT2D eigenvalue weighted by atomic mass is 10.1. The third-order valence-corrected chi connectivity index (χ3v) is 7.62. The molecule has 0 aliphatic rings. The van der Waals surface area contributed by atoms with Gasteiger partial charge in [0.05, 0.1) is 31.0 Å². The Morgan fingerprint density at radius 3 is 2.47 bits per heavy atom. The van der Waals surface area contributed by atoms with Crippen molar-refractivity contribution >= 4 is 46.2 Å². The number of hydrogen-bond acceptors (Lipinski definition) is 9. The number of ether oxygens (including phenoxy) is 2. The first-order valence-corrected chi connectivity index (χ1v) is 14.8. The number of rotatable bonds is 11. The van der Waals surface area contributed by atoms with Crippen molar-refractivity contribution in [3.8, 4) is 34.3 Å². The molecular weight excluding hydrogens is 590 g/mol. The van der Waals surface area contributed by atoms with Crippen LogP contribution in [0.5, 0.6) is 11.5 Å². The van der Waals surface area contributed by atoms with E-state index in [1.807, 2.05) is 54.6 Å². The molecule has 4 aromatic carbocycles. The molecule has 2 heterocycles. The van der Waals surface area contributed by atoms with E-state index in [1.54, 1.807) is 56.7 Å². The number of aromatic amines is 1. The molecule has 0 saturated carbocycles. The predicted octanol–water partition coefficient (Wildman–Crippen LogP) is 6.92. The summed E-state index contributed by atoms with van der Waals surface area (Å²) in [7, 11) is 3.12. The molecule has 6 rings (SSSR count). The summed E-state index contributed by atoms with van der Waals surface area (Å²) in [4.78, 5) is 33.2. The molecule has 0 aliphatic heterocycles. The van der Waals surface area contributed by atoms with E-state index in [0.717, 1.165) is 45.3 Å². The van der Waals surface area contributed by atoms with E-state index >= 15 is 0 Å². The Morgan fingerprint density at radius 2 is 1.69 bits per heavy atom. The zero-order valence-corrected chi connectivity index (χ0v) is 25.1. The van der Waals surface area contributed by atoms with Crippen LogP contribution in [-0.4, -0.2) is 51.8 Å². The molecule has 0 bridgehead atoms. The molecule has 10 nitrogen and oxygen atoms in total. The normalized spacial score (nSPS) is 11.2. The molecule has 0 saturated heterocycles. The topological polar surface area (TPSA) is 132 Å². The summed E-state index contributed by atoms with van der Waals surface area (Å²) in [5.74, 6) is 1.95. The van der Waals surface area contributed by atoms with E-state index in [1.165, 1.54) is 6.08 Å². The van der Waals surface area contributed by atoms with Gasteiger partial charge in [0.1, 0.15) is 5.82 Å². The molecule has 224 valence electrons. The summed E-state index contributed by atoms with van der Waals surface area (Å²) in [5.41, 5.74) is 5.26. The maximum atomic E-state index is 12.7. The Bertz CT molecular complexity index is 2000. The third kappa shape index (κ3) is 6.94. The minimum absolute atomic E-state index is 0.0659. The van der Waals surface area contributed by atoms with E-state index in [4.69, 9.17) is 13.9 Å². The zero-order chi connectivity index (χ0) is 31.2. The minimum atomic E-state index is -0.250. The van der Waals surface area contributed by atoms with E-state index in [9.17, 15) is 9.59 Å². The second kappa shape index (κ2) is 13.3. The smallest absolute Gasteiger partial charge is 0.277 e. The molecule has 6 aromatic rings. The van der Waals surface area contributed by atoms with Gasteiger partial charge < -0.3 is 24.2 Å². The molecular formula is C34H27N5O5S. The number of allylic oxidation sites excluding steroid dienone is 1. The second-order valence-corrected chi connectivity index (χ2v) is 10.7. The molecule has 1 amide bonds. The summed E-state index contributed by atoms with van der Waals surface area (Å²) in [6.45, 7) is 0. The first-order valence-electron chi connectivity index (χ1n) is 13.9. The molecule has 0 radical (unpaired) electrons. The van der Waals surface area contributed by atoms with Gasteiger partial charge in [-0.2, -0.15) is 0 Å². The second-order valence-electron chi connectivity index (χ2n) is 9.78. The largest absolute Gasteiger partial charge is 0.493 e. The van der Waals surface area contributed by atoms with Crippen LogP contribution < -0.4 is 14.8 Å². The highest BCUT2D eigenvalue weighted by Gasteiger charge is 2.14. The Kier molecular flexibility index (Phi) is 8.70. The summed E-state index contributed by atoms with van der Waals surface area (Å²) in [5, 5.41) is 11.3. The van der Waals surface area contributed by atoms with Gasteiger partial charge in [-0.1, -0.05) is 54.2 Å². The van der Waals surface area contributed by atoms with E-state index in [2.05, 4.69) is 25.5 Å². The lowest BCUT2D eigenvalue weighted by molar-refractivity contribution is -0.113. The van der Waals surface area contributed by atoms with Crippen molar-refractivity contribution in [3.05, 3.63) is 108 Å². The number of amides is 1. The number of anilines is 1. The molecule has 11 heteroatoms. The zero-order valence-electron chi connectivity index (χ0n) is 24.3. The minimum Gasteiger partial charge on any atom is -0.493 e. The number of methoxy groups -OCH3 is 2. The number of imidazole rings is 1. The van der Waals surface area contributed by atoms with Gasteiger partial charge in [0.15, 0.2) is 17.3 Å². The van der Waals surface area contributed by atoms with Gasteiger partial charge in [0, 0.05) is 22.4 Å². The van der Waals surface area contributed by atoms with Gasteiger partial charge in [-0.15, -0.1) is 10.2 Å². The summed E-state index contributed by atoms with van der Waals surface area (Å²) >= 11 is 1.13. The SMILES string of the molecule is COc1ccc(/C=C/C(=O)c2ccc(NC(=O)CSc3nnc(-c4ccc5nc(-c6ccccc6)[nH]c5c4)o3)cc2)cc1OC. The predicted molar refractivity (Wildman–Crippen MR) is 174 cm³/mol. The average Bonchev–Trinajstić information content (AvgIpc) is 3.74. The lowest BCUT2D eigenvalue weighted by Crippen LogP contribution is -2.14. The van der Waals surface area contributed by atoms with Crippen LogP contribution in [0.25, 0.3) is 40.0 Å². The fourth-order valence-electron chi connectivity index (χ4n) is 4.53. The van der Waals surface area contributed by atoms with Crippen molar-refractivity contribution in [3.63, 3.8) is 0 Å². The van der Waals surface area contributed by atoms with Crippen LogP contribution in [-0.2, 0) is 4.79 Å². The number of hydrogen-bond donors (Lipinski definition) is 2. The number of carbonyl (C=O) groups excluding carboxylic acids is 2. The molecule has 0 spiro atoms. The number of ketones is 1. The summed E-state index contributed by atoms with van der Waals surface area (Å²) in [6, 6.07) is 27.6. The summed E-state index contributed by atoms with van der Waals surface area (Å²) in [6.07, 6.45) is 3.19. The van der Waals surface area contributed by atoms with Gasteiger partial charge in [0.2, 0.25) is 11.8 Å². The fourth-order valence-corrected chi connectivity index (χ4v) is 5.09. The fraction of sp³-hybridized carbons (Fsp3) is 0.0882. The van der Waals surface area contributed by atoms with E-state index in [0.29, 0.717) is 28.6 Å². The molecule has 2 aromatic heterocycles. The number of carbonyl (C=O) groups is 2. The molecule has 0 fully saturated rings. The van der Waals surface area contributed by atoms with Crippen molar-refractivity contribution in [1.29, 1.82) is 0 Å². The number of benzene rings is 4. The number of fused-ring (bicyclic) bond motifs is 1. The van der Waals surface area contributed by atoms with Crippen LogP contribution >= 0.6 is 11.8 Å². The van der Waals surface area contributed by atoms with Crippen LogP contribution in [0.3, 0.4) is 0 Å². The van der Waals surface area contributed by atoms with Crippen LogP contribution in [0.15, 0.2) is 107 Å². The molecule has 0 unspecified atom stereocenters. The standard InChI is InChI=1S/C34H27N5O5S/c1-42-29-17-9-21(18-30(29)43-2)8-16-28(40)22-10-13-25(14-11-22)35-31(41)20-45-34-39-38-33(44-34)24-12-15-26-27(19-24)37-32(36-26)23-6-4-3-5-7-23/h3-19H,20H2,1-2H3,(H,35,41)(H,36,37)/b16-8+. The third-order valence-electron chi connectivity index (χ3n) is 6.80. The van der Waals surface area contributed by atoms with Gasteiger partial charge >= 0.3 is 0 Å². The number of nitrogens with zero attached hydrogens (tertiary/aromatic N) is 3. The number of nitrogens with one attached hydrogen (secondary N) is 2. The first-order chi connectivity index (χ1) is 22.0. The average molecular weight is 618 g/mol. The number of thioether (sulfide) groups is 1. The monoisotopic (exact) mass is 617 g/mol. The van der Waals surface area contributed by atoms with Gasteiger partial charge in [0.25, 0.3) is 5.22 Å². The highest BCUT2D eigenvalue weighted by atomic mass is 32.2. The molecule has 45 heavy (non-hydrogen) atoms. The molecule has 0 aliphatic carbocycles. The van der Waals surface area contributed by atoms with Crippen LogP contribution in [0.4, 0.5) is 5.69 Å². The highest BCUT2D eigenvalue weighted by molar-refractivity contribution is 7.99. The Balaban J connectivity index is 1.02. The van der Waals surface area contributed by atoms with Crippen molar-refractivity contribution < 1.29 is 23.5 Å². The van der Waals surface area contributed by atoms with Gasteiger partial charge in [-0.3, -0.25) is 9.59 Å². The van der Waals surface area contributed by atoms with Crippen molar-refractivity contribution in [2.45, 2.75) is 5.22 Å². The first kappa shape index (κ1) is 29.4. The maximum absolute atomic E-state index is 12.7. The Morgan fingerprint density at radius 1 is 0.889 bits per heavy atom. The Hall–Kier alpha value is -5.68. The van der Waals surface area contributed by atoms with Crippen LogP contribution in [0, 0.1) is 0 Å². The van der Waals surface area contributed by atoms with E-state index < -0.39 is 0 Å².